The van der Waals surface area contributed by atoms with Gasteiger partial charge < -0.3 is 28.4 Å². The first kappa shape index (κ1) is 34.9. The Kier molecular flexibility index (Phi) is 8.64. The number of hydrogen-bond acceptors (Lipinski definition) is 11. The second-order valence-electron chi connectivity index (χ2n) is 17.7. The van der Waals surface area contributed by atoms with Gasteiger partial charge in [0.1, 0.15) is 18.8 Å². The summed E-state index contributed by atoms with van der Waals surface area (Å²) in [6, 6.07) is 9.64. The number of ether oxygens (including phenoxy) is 6. The first-order chi connectivity index (χ1) is 24.4. The number of carbonyl (C=O) groups excluding carboxylic acids is 1. The Labute approximate surface area is 301 Å². The van der Waals surface area contributed by atoms with Crippen molar-refractivity contribution >= 4 is 6.16 Å². The summed E-state index contributed by atoms with van der Waals surface area (Å²) in [5.74, 6) is -0.121. The molecule has 8 aliphatic heterocycles. The molecule has 11 rings (SSSR count). The molecule has 17 atom stereocenters. The third kappa shape index (κ3) is 5.46. The lowest BCUT2D eigenvalue weighted by atomic mass is 9.56. The molecule has 4 bridgehead atoms. The SMILES string of the molecule is C[C@H]1[C@@H]([C@H](C[C@H]2O[C@@H]3OC4(C)CC[C@H]5[C@H](C)CC[C@@H]([C@H]2C)[C@@]35OO4)OC(=O)OCc2ccccc2)O[C@@H]2OC3(C)CC[C@H]4[C@H](C)CC[C@@H]1[C@@]24OO3. The molecule has 2 unspecified atom stereocenters. The van der Waals surface area contributed by atoms with Crippen LogP contribution in [0.1, 0.15) is 105 Å². The molecule has 2 spiro atoms. The Morgan fingerprint density at radius 1 is 0.725 bits per heavy atom. The van der Waals surface area contributed by atoms with Crippen molar-refractivity contribution < 1.29 is 52.8 Å². The quantitative estimate of drug-likeness (QED) is 0.215. The molecule has 11 heteroatoms. The minimum atomic E-state index is -0.911. The molecule has 1 aromatic rings. The smallest absolute Gasteiger partial charge is 0.429 e. The lowest BCUT2D eigenvalue weighted by molar-refractivity contribution is -0.573. The molecular weight excluding hydrogens is 656 g/mol. The van der Waals surface area contributed by atoms with Gasteiger partial charge in [0.25, 0.3) is 0 Å². The van der Waals surface area contributed by atoms with Crippen LogP contribution in [0.25, 0.3) is 0 Å². The standard InChI is InChI=1S/C40H56O11/c1-22-12-14-29-24(3)31(43-34-39(29)27(22)16-18-37(5,46-34)48-50-39)20-32(44-36(41)42-21-26-10-8-7-9-11-26)33-25(4)30-15-13-23(2)28-17-19-38(6)47-35(45-33)40(28,30)51-49-38/h7-11,22-25,27-35H,12-21H2,1-6H3/t22-,23-,24-,25-,27+,28+,29+,30+,31-,32+,33+,34-,35-,37?,38?,39-,40-/m1/s1. The third-order valence-corrected chi connectivity index (χ3v) is 14.8. The van der Waals surface area contributed by atoms with E-state index >= 15 is 0 Å². The van der Waals surface area contributed by atoms with Crippen LogP contribution in [0, 0.1) is 47.3 Å². The van der Waals surface area contributed by atoms with Gasteiger partial charge in [-0.1, -0.05) is 58.0 Å². The molecule has 282 valence electrons. The minimum absolute atomic E-state index is 0.0382. The van der Waals surface area contributed by atoms with E-state index in [1.807, 2.05) is 44.2 Å². The highest BCUT2D eigenvalue weighted by molar-refractivity contribution is 5.60. The van der Waals surface area contributed by atoms with Crippen LogP contribution < -0.4 is 0 Å². The fourth-order valence-electron chi connectivity index (χ4n) is 12.0. The van der Waals surface area contributed by atoms with Gasteiger partial charge in [-0.25, -0.2) is 24.3 Å². The summed E-state index contributed by atoms with van der Waals surface area (Å²) in [4.78, 5) is 38.6. The lowest BCUT2D eigenvalue weighted by Crippen LogP contribution is -2.72. The van der Waals surface area contributed by atoms with Gasteiger partial charge >= 0.3 is 6.16 Å². The minimum Gasteiger partial charge on any atom is -0.429 e. The van der Waals surface area contributed by atoms with E-state index in [1.165, 1.54) is 0 Å². The van der Waals surface area contributed by atoms with E-state index < -0.39 is 53.7 Å². The fourth-order valence-corrected chi connectivity index (χ4v) is 12.0. The van der Waals surface area contributed by atoms with Gasteiger partial charge in [0.2, 0.25) is 11.6 Å². The highest BCUT2D eigenvalue weighted by atomic mass is 17.3. The molecule has 11 nitrogen and oxygen atoms in total. The van der Waals surface area contributed by atoms with Gasteiger partial charge in [-0.2, -0.15) is 0 Å². The largest absolute Gasteiger partial charge is 0.508 e. The van der Waals surface area contributed by atoms with Gasteiger partial charge in [-0.15, -0.1) is 0 Å². The van der Waals surface area contributed by atoms with Crippen molar-refractivity contribution in [1.29, 1.82) is 0 Å². The van der Waals surface area contributed by atoms with E-state index in [0.717, 1.165) is 56.9 Å². The van der Waals surface area contributed by atoms with Crippen LogP contribution in [0.15, 0.2) is 30.3 Å². The van der Waals surface area contributed by atoms with Crippen molar-refractivity contribution in [2.45, 2.75) is 160 Å². The topological polar surface area (TPSA) is 109 Å². The molecule has 0 amide bonds. The van der Waals surface area contributed by atoms with Crippen molar-refractivity contribution in [2.75, 3.05) is 0 Å². The molecule has 8 saturated heterocycles. The van der Waals surface area contributed by atoms with Gasteiger partial charge in [0.15, 0.2) is 23.8 Å². The normalized spacial score (nSPS) is 51.7. The summed E-state index contributed by atoms with van der Waals surface area (Å²) < 4.78 is 39.6. The Morgan fingerprint density at radius 2 is 1.29 bits per heavy atom. The van der Waals surface area contributed by atoms with E-state index in [1.54, 1.807) is 0 Å². The molecule has 1 aromatic carbocycles. The van der Waals surface area contributed by atoms with Crippen LogP contribution in [-0.4, -0.2) is 59.8 Å². The van der Waals surface area contributed by atoms with E-state index in [-0.39, 0.29) is 48.2 Å². The van der Waals surface area contributed by atoms with Crippen molar-refractivity contribution in [2.24, 2.45) is 47.3 Å². The lowest BCUT2D eigenvalue weighted by Gasteiger charge is -2.62. The summed E-state index contributed by atoms with van der Waals surface area (Å²) in [7, 11) is 0. The summed E-state index contributed by atoms with van der Waals surface area (Å²) in [6.45, 7) is 13.1. The Bertz CT molecular complexity index is 1460. The molecule has 2 aliphatic carbocycles. The fraction of sp³-hybridized carbons (Fsp3) is 0.825. The number of benzene rings is 1. The summed E-state index contributed by atoms with van der Waals surface area (Å²) in [6.07, 6.45) is 4.43. The molecule has 0 N–H and O–H groups in total. The van der Waals surface area contributed by atoms with Crippen LogP contribution in [0.5, 0.6) is 0 Å². The van der Waals surface area contributed by atoms with E-state index in [9.17, 15) is 4.79 Å². The molecule has 51 heavy (non-hydrogen) atoms. The average Bonchev–Trinajstić information content (AvgIpc) is 3.49. The van der Waals surface area contributed by atoms with Crippen LogP contribution >= 0.6 is 0 Å². The maximum absolute atomic E-state index is 13.6. The third-order valence-electron chi connectivity index (χ3n) is 14.8. The maximum atomic E-state index is 13.6. The zero-order chi connectivity index (χ0) is 35.3. The highest BCUT2D eigenvalue weighted by Gasteiger charge is 2.72. The predicted octanol–water partition coefficient (Wildman–Crippen LogP) is 7.60. The molecule has 2 saturated carbocycles. The Hall–Kier alpha value is -1.83. The number of fused-ring (bicyclic) bond motifs is 4. The summed E-state index contributed by atoms with van der Waals surface area (Å²) in [5.41, 5.74) is -0.515. The Morgan fingerprint density at radius 3 is 1.90 bits per heavy atom. The second-order valence-corrected chi connectivity index (χ2v) is 17.7. The molecule has 10 aliphatic rings. The zero-order valence-corrected chi connectivity index (χ0v) is 31.0. The van der Waals surface area contributed by atoms with Crippen molar-refractivity contribution in [1.82, 2.24) is 0 Å². The molecule has 8 heterocycles. The van der Waals surface area contributed by atoms with Crippen LogP contribution in [-0.2, 0) is 54.6 Å². The van der Waals surface area contributed by atoms with E-state index in [4.69, 9.17) is 48.0 Å². The molecule has 10 fully saturated rings. The first-order valence-electron chi connectivity index (χ1n) is 19.7. The van der Waals surface area contributed by atoms with Gasteiger partial charge in [0.05, 0.1) is 6.10 Å². The molecule has 0 aromatic heterocycles. The summed E-state index contributed by atoms with van der Waals surface area (Å²) in [5, 5.41) is 0. The molecular formula is C40H56O11. The number of rotatable bonds is 6. The monoisotopic (exact) mass is 712 g/mol. The van der Waals surface area contributed by atoms with Crippen molar-refractivity contribution in [3.05, 3.63) is 35.9 Å². The van der Waals surface area contributed by atoms with E-state index in [0.29, 0.717) is 18.3 Å². The Balaban J connectivity index is 1.03. The zero-order valence-electron chi connectivity index (χ0n) is 31.0. The first-order valence-corrected chi connectivity index (χ1v) is 19.7. The van der Waals surface area contributed by atoms with Crippen LogP contribution in [0.2, 0.25) is 0 Å². The van der Waals surface area contributed by atoms with Crippen LogP contribution in [0.3, 0.4) is 0 Å². The van der Waals surface area contributed by atoms with Gasteiger partial charge in [0, 0.05) is 31.1 Å². The number of hydrogen-bond donors (Lipinski definition) is 0. The van der Waals surface area contributed by atoms with Gasteiger partial charge in [-0.05, 0) is 93.4 Å². The van der Waals surface area contributed by atoms with Crippen molar-refractivity contribution in [3.8, 4) is 0 Å². The van der Waals surface area contributed by atoms with Gasteiger partial charge in [-0.3, -0.25) is 0 Å². The molecule has 0 radical (unpaired) electrons. The van der Waals surface area contributed by atoms with Crippen LogP contribution in [0.4, 0.5) is 4.79 Å². The highest BCUT2D eigenvalue weighted by Crippen LogP contribution is 2.63. The summed E-state index contributed by atoms with van der Waals surface area (Å²) >= 11 is 0. The number of carbonyl (C=O) groups is 1. The average molecular weight is 713 g/mol. The maximum Gasteiger partial charge on any atom is 0.508 e. The predicted molar refractivity (Wildman–Crippen MR) is 180 cm³/mol. The van der Waals surface area contributed by atoms with Crippen molar-refractivity contribution in [3.63, 3.8) is 0 Å². The van der Waals surface area contributed by atoms with E-state index in [2.05, 4.69) is 27.7 Å². The second kappa shape index (κ2) is 12.6.